The van der Waals surface area contributed by atoms with Crippen LogP contribution in [0.5, 0.6) is 0 Å². The maximum atomic E-state index is 9.61. The van der Waals surface area contributed by atoms with Crippen molar-refractivity contribution in [2.45, 2.75) is 39.7 Å². The molecule has 12 heavy (non-hydrogen) atoms. The second kappa shape index (κ2) is 3.06. The van der Waals surface area contributed by atoms with Crippen LogP contribution in [0.2, 0.25) is 0 Å². The van der Waals surface area contributed by atoms with Gasteiger partial charge in [0.15, 0.2) is 0 Å². The van der Waals surface area contributed by atoms with E-state index < -0.39 is 0 Å². The van der Waals surface area contributed by atoms with Crippen molar-refractivity contribution in [2.75, 3.05) is 0 Å². The second-order valence-corrected chi connectivity index (χ2v) is 4.24. The second-order valence-electron chi connectivity index (χ2n) is 4.24. The first-order valence-electron chi connectivity index (χ1n) is 4.51. The monoisotopic (exact) mass is 166 g/mol. The van der Waals surface area contributed by atoms with E-state index in [2.05, 4.69) is 20.4 Å². The van der Waals surface area contributed by atoms with Gasteiger partial charge >= 0.3 is 0 Å². The summed E-state index contributed by atoms with van der Waals surface area (Å²) in [5, 5.41) is 9.61. The standard InChI is InChI=1S/C11H18O/c1-5-9-8(2)10(12)6-7-11(9,3)4/h5,10,12H,1,6-7H2,2-4H3/t10-/m0/s1. The maximum Gasteiger partial charge on any atom is 0.0753 e. The number of rotatable bonds is 1. The Labute approximate surface area is 74.8 Å². The number of aliphatic hydroxyl groups is 1. The van der Waals surface area contributed by atoms with Gasteiger partial charge in [0.2, 0.25) is 0 Å². The smallest absolute Gasteiger partial charge is 0.0753 e. The van der Waals surface area contributed by atoms with Gasteiger partial charge in [0.05, 0.1) is 6.10 Å². The van der Waals surface area contributed by atoms with E-state index in [-0.39, 0.29) is 11.5 Å². The highest BCUT2D eigenvalue weighted by Gasteiger charge is 2.30. The van der Waals surface area contributed by atoms with Crippen molar-refractivity contribution in [3.05, 3.63) is 23.8 Å². The molecule has 0 aliphatic heterocycles. The molecule has 0 fully saturated rings. The van der Waals surface area contributed by atoms with Gasteiger partial charge in [-0.1, -0.05) is 26.5 Å². The van der Waals surface area contributed by atoms with Crippen molar-refractivity contribution >= 4 is 0 Å². The SMILES string of the molecule is C=CC1=C(C)[C@@H](O)CCC1(C)C. The molecule has 0 amide bonds. The largest absolute Gasteiger partial charge is 0.389 e. The molecule has 0 unspecified atom stereocenters. The van der Waals surface area contributed by atoms with Crippen molar-refractivity contribution in [3.63, 3.8) is 0 Å². The molecule has 0 heterocycles. The summed E-state index contributed by atoms with van der Waals surface area (Å²) in [5.74, 6) is 0. The first-order valence-corrected chi connectivity index (χ1v) is 4.51. The third kappa shape index (κ3) is 1.46. The van der Waals surface area contributed by atoms with Crippen molar-refractivity contribution in [1.29, 1.82) is 0 Å². The predicted molar refractivity (Wildman–Crippen MR) is 51.9 cm³/mol. The molecular weight excluding hydrogens is 148 g/mol. The lowest BCUT2D eigenvalue weighted by Crippen LogP contribution is -2.26. The van der Waals surface area contributed by atoms with E-state index in [1.807, 2.05) is 13.0 Å². The van der Waals surface area contributed by atoms with Crippen LogP contribution in [-0.2, 0) is 0 Å². The fourth-order valence-corrected chi connectivity index (χ4v) is 2.00. The summed E-state index contributed by atoms with van der Waals surface area (Å²) < 4.78 is 0. The van der Waals surface area contributed by atoms with Crippen molar-refractivity contribution < 1.29 is 5.11 Å². The first-order chi connectivity index (χ1) is 5.49. The minimum absolute atomic E-state index is 0.199. The predicted octanol–water partition coefficient (Wildman–Crippen LogP) is 2.67. The van der Waals surface area contributed by atoms with Gasteiger partial charge in [-0.05, 0) is 36.3 Å². The van der Waals surface area contributed by atoms with Crippen LogP contribution in [0.25, 0.3) is 0 Å². The first kappa shape index (κ1) is 9.53. The Bertz CT molecular complexity index is 223. The lowest BCUT2D eigenvalue weighted by atomic mass is 9.72. The molecule has 0 aromatic carbocycles. The average Bonchev–Trinajstić information content (AvgIpc) is 1.99. The van der Waals surface area contributed by atoms with E-state index in [4.69, 9.17) is 0 Å². The molecule has 1 atom stereocenters. The summed E-state index contributed by atoms with van der Waals surface area (Å²) in [6.45, 7) is 10.2. The van der Waals surface area contributed by atoms with Crippen LogP contribution in [0.15, 0.2) is 23.8 Å². The van der Waals surface area contributed by atoms with Gasteiger partial charge in [-0.25, -0.2) is 0 Å². The Hall–Kier alpha value is -0.560. The maximum absolute atomic E-state index is 9.61. The number of allylic oxidation sites excluding steroid dienone is 2. The zero-order chi connectivity index (χ0) is 9.35. The summed E-state index contributed by atoms with van der Waals surface area (Å²) in [5.41, 5.74) is 2.52. The summed E-state index contributed by atoms with van der Waals surface area (Å²) in [7, 11) is 0. The molecule has 68 valence electrons. The zero-order valence-electron chi connectivity index (χ0n) is 8.22. The molecule has 1 nitrogen and oxygen atoms in total. The fourth-order valence-electron chi connectivity index (χ4n) is 2.00. The molecule has 1 rings (SSSR count). The van der Waals surface area contributed by atoms with Gasteiger partial charge < -0.3 is 5.11 Å². The molecule has 0 saturated heterocycles. The molecule has 1 N–H and O–H groups in total. The molecule has 0 radical (unpaired) electrons. The van der Waals surface area contributed by atoms with Crippen LogP contribution in [-0.4, -0.2) is 11.2 Å². The van der Waals surface area contributed by atoms with E-state index >= 15 is 0 Å². The summed E-state index contributed by atoms with van der Waals surface area (Å²) in [6.07, 6.45) is 3.58. The Balaban J connectivity index is 3.09. The van der Waals surface area contributed by atoms with Crippen LogP contribution >= 0.6 is 0 Å². The number of hydrogen-bond acceptors (Lipinski definition) is 1. The summed E-state index contributed by atoms with van der Waals surface area (Å²) in [6, 6.07) is 0. The van der Waals surface area contributed by atoms with E-state index in [0.29, 0.717) is 0 Å². The van der Waals surface area contributed by atoms with Gasteiger partial charge in [-0.3, -0.25) is 0 Å². The van der Waals surface area contributed by atoms with Crippen LogP contribution < -0.4 is 0 Å². The number of hydrogen-bond donors (Lipinski definition) is 1. The molecule has 1 aliphatic rings. The van der Waals surface area contributed by atoms with Crippen LogP contribution in [0, 0.1) is 5.41 Å². The molecule has 0 spiro atoms. The Kier molecular flexibility index (Phi) is 2.43. The van der Waals surface area contributed by atoms with Gasteiger partial charge in [0.1, 0.15) is 0 Å². The zero-order valence-corrected chi connectivity index (χ0v) is 8.22. The minimum Gasteiger partial charge on any atom is -0.389 e. The van der Waals surface area contributed by atoms with Gasteiger partial charge in [-0.2, -0.15) is 0 Å². The van der Waals surface area contributed by atoms with Crippen LogP contribution in [0.3, 0.4) is 0 Å². The van der Waals surface area contributed by atoms with Gasteiger partial charge in [0, 0.05) is 0 Å². The summed E-state index contributed by atoms with van der Waals surface area (Å²) >= 11 is 0. The molecule has 1 aliphatic carbocycles. The number of aliphatic hydroxyl groups excluding tert-OH is 1. The van der Waals surface area contributed by atoms with E-state index in [0.717, 1.165) is 18.4 Å². The highest BCUT2D eigenvalue weighted by atomic mass is 16.3. The van der Waals surface area contributed by atoms with Crippen molar-refractivity contribution in [3.8, 4) is 0 Å². The lowest BCUT2D eigenvalue weighted by molar-refractivity contribution is 0.163. The molecular formula is C11H18O. The van der Waals surface area contributed by atoms with Crippen LogP contribution in [0.1, 0.15) is 33.6 Å². The lowest BCUT2D eigenvalue weighted by Gasteiger charge is -2.35. The normalized spacial score (nSPS) is 28.8. The highest BCUT2D eigenvalue weighted by Crippen LogP contribution is 2.40. The third-order valence-electron chi connectivity index (χ3n) is 2.90. The van der Waals surface area contributed by atoms with Gasteiger partial charge in [0.25, 0.3) is 0 Å². The molecule has 0 saturated carbocycles. The average molecular weight is 166 g/mol. The molecule has 0 aromatic rings. The topological polar surface area (TPSA) is 20.2 Å². The van der Waals surface area contributed by atoms with Crippen molar-refractivity contribution in [1.82, 2.24) is 0 Å². The molecule has 0 bridgehead atoms. The highest BCUT2D eigenvalue weighted by molar-refractivity contribution is 5.33. The van der Waals surface area contributed by atoms with E-state index in [9.17, 15) is 5.11 Å². The Morgan fingerprint density at radius 2 is 2.17 bits per heavy atom. The van der Waals surface area contributed by atoms with E-state index in [1.165, 1.54) is 5.57 Å². The summed E-state index contributed by atoms with van der Waals surface area (Å²) in [4.78, 5) is 0. The van der Waals surface area contributed by atoms with Crippen molar-refractivity contribution in [2.24, 2.45) is 5.41 Å². The molecule has 1 heteroatoms. The van der Waals surface area contributed by atoms with E-state index in [1.54, 1.807) is 0 Å². The Morgan fingerprint density at radius 1 is 1.58 bits per heavy atom. The fraction of sp³-hybridized carbons (Fsp3) is 0.636. The minimum atomic E-state index is -0.244. The quantitative estimate of drug-likeness (QED) is 0.635. The van der Waals surface area contributed by atoms with Gasteiger partial charge in [-0.15, -0.1) is 0 Å². The van der Waals surface area contributed by atoms with Crippen LogP contribution in [0.4, 0.5) is 0 Å². The molecule has 0 aromatic heterocycles. The third-order valence-corrected chi connectivity index (χ3v) is 2.90. The Morgan fingerprint density at radius 3 is 2.58 bits per heavy atom.